The Balaban J connectivity index is 1.16. The molecule has 40 heavy (non-hydrogen) atoms. The number of aromatic amines is 1. The molecular weight excluding hydrogens is 514 g/mol. The molecule has 3 fully saturated rings. The Labute approximate surface area is 234 Å². The van der Waals surface area contributed by atoms with E-state index in [-0.39, 0.29) is 60.5 Å². The van der Waals surface area contributed by atoms with E-state index in [0.29, 0.717) is 25.8 Å². The van der Waals surface area contributed by atoms with E-state index in [4.69, 9.17) is 4.74 Å². The third-order valence-electron chi connectivity index (χ3n) is 10.7. The fraction of sp³-hybridized carbons (Fsp3) is 0.700. The first-order valence-corrected chi connectivity index (χ1v) is 14.5. The van der Waals surface area contributed by atoms with Gasteiger partial charge in [-0.25, -0.2) is 4.98 Å². The van der Waals surface area contributed by atoms with Gasteiger partial charge < -0.3 is 25.3 Å². The zero-order valence-corrected chi connectivity index (χ0v) is 23.4. The van der Waals surface area contributed by atoms with E-state index in [1.807, 2.05) is 6.92 Å². The summed E-state index contributed by atoms with van der Waals surface area (Å²) in [6, 6.07) is 0. The summed E-state index contributed by atoms with van der Waals surface area (Å²) in [5, 5.41) is 26.0. The molecule has 0 aromatic carbocycles. The summed E-state index contributed by atoms with van der Waals surface area (Å²) in [4.78, 5) is 56.7. The molecular formula is C30H41N3O7. The Morgan fingerprint density at radius 3 is 2.73 bits per heavy atom. The SMILES string of the molecule is C[C@]12CCC(=O)C=C1CC[C@@H]1[C@H]2[C@@H](O)C[C@@]2(C)[C@@H]1CC[C@]2(O)C(=O)COC(=O)CCC(=O)NCCc1cnc[nH]1. The summed E-state index contributed by atoms with van der Waals surface area (Å²) < 4.78 is 5.21. The van der Waals surface area contributed by atoms with E-state index >= 15 is 0 Å². The molecule has 5 rings (SSSR count). The average Bonchev–Trinajstić information content (AvgIpc) is 3.52. The second-order valence-corrected chi connectivity index (χ2v) is 12.7. The number of esters is 1. The molecule has 0 spiro atoms. The highest BCUT2D eigenvalue weighted by Gasteiger charge is 2.68. The van der Waals surface area contributed by atoms with Gasteiger partial charge in [-0.3, -0.25) is 19.2 Å². The first-order chi connectivity index (χ1) is 19.0. The van der Waals surface area contributed by atoms with Gasteiger partial charge in [-0.15, -0.1) is 0 Å². The van der Waals surface area contributed by atoms with Crippen molar-refractivity contribution in [3.63, 3.8) is 0 Å². The molecule has 3 saturated carbocycles. The van der Waals surface area contributed by atoms with Gasteiger partial charge in [0.15, 0.2) is 12.4 Å². The van der Waals surface area contributed by atoms with Crippen molar-refractivity contribution in [1.29, 1.82) is 0 Å². The summed E-state index contributed by atoms with van der Waals surface area (Å²) in [6.07, 6.45) is 8.71. The number of Topliss-reactive ketones (excluding diaryl/α,β-unsaturated/α-hetero) is 1. The largest absolute Gasteiger partial charge is 0.458 e. The van der Waals surface area contributed by atoms with Gasteiger partial charge in [0.25, 0.3) is 0 Å². The van der Waals surface area contributed by atoms with Gasteiger partial charge in [-0.1, -0.05) is 19.4 Å². The Hall–Kier alpha value is -2.85. The summed E-state index contributed by atoms with van der Waals surface area (Å²) in [6.45, 7) is 3.91. The highest BCUT2D eigenvalue weighted by Crippen LogP contribution is 2.67. The number of ether oxygens (including phenoxy) is 1. The lowest BCUT2D eigenvalue weighted by Crippen LogP contribution is -2.62. The first-order valence-electron chi connectivity index (χ1n) is 14.5. The van der Waals surface area contributed by atoms with Crippen molar-refractivity contribution < 1.29 is 34.1 Å². The standard InChI is InChI=1S/C30H41N3O7/c1-28-10-7-20(34)13-18(28)3-4-21-22-8-11-30(39,29(22,2)14-23(35)27(21)28)24(36)16-40-26(38)6-5-25(37)32-12-9-19-15-31-17-33-19/h13,15,17,21-23,27,35,39H,3-12,14,16H2,1-2H3,(H,31,33)(H,32,37)/t21-,22+,23-,27-,28-,29-,30-/m0/s1. The molecule has 7 atom stereocenters. The number of carbonyl (C=O) groups excluding carboxylic acids is 4. The minimum absolute atomic E-state index is 0.0143. The number of aromatic nitrogens is 2. The molecule has 4 aliphatic rings. The minimum atomic E-state index is -1.70. The number of hydrogen-bond acceptors (Lipinski definition) is 8. The van der Waals surface area contributed by atoms with Gasteiger partial charge in [-0.2, -0.15) is 0 Å². The topological polar surface area (TPSA) is 159 Å². The smallest absolute Gasteiger partial charge is 0.306 e. The van der Waals surface area contributed by atoms with E-state index in [9.17, 15) is 29.4 Å². The van der Waals surface area contributed by atoms with Crippen molar-refractivity contribution >= 4 is 23.4 Å². The van der Waals surface area contributed by atoms with E-state index in [0.717, 1.165) is 30.5 Å². The average molecular weight is 556 g/mol. The van der Waals surface area contributed by atoms with E-state index in [1.54, 1.807) is 18.6 Å². The van der Waals surface area contributed by atoms with Gasteiger partial charge in [-0.05, 0) is 67.8 Å². The van der Waals surface area contributed by atoms with Gasteiger partial charge in [0.2, 0.25) is 11.7 Å². The molecule has 218 valence electrons. The quantitative estimate of drug-likeness (QED) is 0.338. The van der Waals surface area contributed by atoms with Crippen molar-refractivity contribution in [2.75, 3.05) is 13.2 Å². The Morgan fingerprint density at radius 1 is 1.18 bits per heavy atom. The van der Waals surface area contributed by atoms with Crippen LogP contribution in [0.15, 0.2) is 24.2 Å². The summed E-state index contributed by atoms with van der Waals surface area (Å²) in [7, 11) is 0. The highest BCUT2D eigenvalue weighted by atomic mass is 16.5. The van der Waals surface area contributed by atoms with Crippen LogP contribution in [-0.4, -0.2) is 68.5 Å². The lowest BCUT2D eigenvalue weighted by Gasteiger charge is -2.60. The zero-order valence-electron chi connectivity index (χ0n) is 23.4. The number of nitrogens with zero attached hydrogens (tertiary/aromatic N) is 1. The molecule has 10 heteroatoms. The zero-order chi connectivity index (χ0) is 28.7. The Kier molecular flexibility index (Phi) is 7.78. The number of H-pyrrole nitrogens is 1. The van der Waals surface area contributed by atoms with Gasteiger partial charge in [0.1, 0.15) is 5.60 Å². The molecule has 1 amide bonds. The predicted octanol–water partition coefficient (Wildman–Crippen LogP) is 2.19. The van der Waals surface area contributed by atoms with Gasteiger partial charge in [0.05, 0.1) is 18.9 Å². The van der Waals surface area contributed by atoms with E-state index < -0.39 is 35.5 Å². The monoisotopic (exact) mass is 555 g/mol. The number of aliphatic hydroxyl groups excluding tert-OH is 1. The number of allylic oxidation sites excluding steroid dienone is 1. The molecule has 0 saturated heterocycles. The summed E-state index contributed by atoms with van der Waals surface area (Å²) >= 11 is 0. The van der Waals surface area contributed by atoms with Crippen molar-refractivity contribution in [3.05, 3.63) is 29.9 Å². The molecule has 1 aromatic rings. The van der Waals surface area contributed by atoms with Crippen LogP contribution >= 0.6 is 0 Å². The van der Waals surface area contributed by atoms with Gasteiger partial charge >= 0.3 is 5.97 Å². The number of hydrogen-bond donors (Lipinski definition) is 4. The van der Waals surface area contributed by atoms with Crippen LogP contribution in [0.1, 0.15) is 77.3 Å². The number of imidazole rings is 1. The minimum Gasteiger partial charge on any atom is -0.458 e. The molecule has 0 aliphatic heterocycles. The number of nitrogens with one attached hydrogen (secondary N) is 2. The maximum Gasteiger partial charge on any atom is 0.306 e. The number of fused-ring (bicyclic) bond motifs is 5. The van der Waals surface area contributed by atoms with Crippen molar-refractivity contribution in [2.24, 2.45) is 28.6 Å². The van der Waals surface area contributed by atoms with Gasteiger partial charge in [0, 0.05) is 43.1 Å². The van der Waals surface area contributed by atoms with Crippen molar-refractivity contribution in [3.8, 4) is 0 Å². The fourth-order valence-electron chi connectivity index (χ4n) is 8.55. The van der Waals surface area contributed by atoms with Crippen LogP contribution in [0.3, 0.4) is 0 Å². The number of aliphatic hydroxyl groups is 2. The van der Waals surface area contributed by atoms with Crippen LogP contribution in [-0.2, 0) is 30.3 Å². The molecule has 4 aliphatic carbocycles. The number of rotatable bonds is 9. The number of carbonyl (C=O) groups is 4. The lowest BCUT2D eigenvalue weighted by atomic mass is 9.45. The van der Waals surface area contributed by atoms with Crippen LogP contribution in [0.25, 0.3) is 0 Å². The van der Waals surface area contributed by atoms with Crippen LogP contribution in [0, 0.1) is 28.6 Å². The van der Waals surface area contributed by atoms with Crippen LogP contribution in [0.2, 0.25) is 0 Å². The number of ketones is 2. The van der Waals surface area contributed by atoms with E-state index in [2.05, 4.69) is 22.2 Å². The third-order valence-corrected chi connectivity index (χ3v) is 10.7. The lowest BCUT2D eigenvalue weighted by molar-refractivity contribution is -0.184. The molecule has 0 unspecified atom stereocenters. The Morgan fingerprint density at radius 2 is 1.98 bits per heavy atom. The normalized spacial score (nSPS) is 36.6. The molecule has 10 nitrogen and oxygen atoms in total. The Bertz CT molecular complexity index is 1200. The van der Waals surface area contributed by atoms with Crippen molar-refractivity contribution in [2.45, 2.75) is 89.8 Å². The van der Waals surface area contributed by atoms with Crippen LogP contribution in [0.4, 0.5) is 0 Å². The number of amides is 1. The fourth-order valence-corrected chi connectivity index (χ4v) is 8.55. The maximum atomic E-state index is 13.4. The molecule has 0 bridgehead atoms. The van der Waals surface area contributed by atoms with Crippen molar-refractivity contribution in [1.82, 2.24) is 15.3 Å². The molecule has 1 heterocycles. The summed E-state index contributed by atoms with van der Waals surface area (Å²) in [5.74, 6) is -1.18. The third kappa shape index (κ3) is 4.93. The molecule has 4 N–H and O–H groups in total. The predicted molar refractivity (Wildman–Crippen MR) is 144 cm³/mol. The molecule has 0 radical (unpaired) electrons. The highest BCUT2D eigenvalue weighted by molar-refractivity contribution is 5.92. The second-order valence-electron chi connectivity index (χ2n) is 12.7. The van der Waals surface area contributed by atoms with Crippen LogP contribution < -0.4 is 5.32 Å². The summed E-state index contributed by atoms with van der Waals surface area (Å²) in [5.41, 5.74) is -0.759. The maximum absolute atomic E-state index is 13.4. The van der Waals surface area contributed by atoms with Crippen LogP contribution in [0.5, 0.6) is 0 Å². The molecule has 1 aromatic heterocycles. The van der Waals surface area contributed by atoms with E-state index in [1.165, 1.54) is 0 Å². The second kappa shape index (κ2) is 10.9. The first kappa shape index (κ1) is 28.7.